The fourth-order valence-corrected chi connectivity index (χ4v) is 3.12. The van der Waals surface area contributed by atoms with Crippen molar-refractivity contribution in [3.8, 4) is 0 Å². The third-order valence-electron chi connectivity index (χ3n) is 3.35. The van der Waals surface area contributed by atoms with Crippen molar-refractivity contribution in [2.45, 2.75) is 11.8 Å². The van der Waals surface area contributed by atoms with Crippen LogP contribution in [0, 0.1) is 0 Å². The van der Waals surface area contributed by atoms with Crippen molar-refractivity contribution in [2.24, 2.45) is 0 Å². The second kappa shape index (κ2) is 7.87. The van der Waals surface area contributed by atoms with Crippen LogP contribution in [0.1, 0.15) is 27.6 Å². The zero-order valence-corrected chi connectivity index (χ0v) is 14.5. The highest BCUT2D eigenvalue weighted by molar-refractivity contribution is 7.89. The Morgan fingerprint density at radius 3 is 2.44 bits per heavy atom. The van der Waals surface area contributed by atoms with Gasteiger partial charge in [0.05, 0.1) is 4.90 Å². The smallest absolute Gasteiger partial charge is 0.255 e. The lowest BCUT2D eigenvalue weighted by Crippen LogP contribution is -2.24. The number of nitrogens with one attached hydrogen (secondary N) is 2. The summed E-state index contributed by atoms with van der Waals surface area (Å²) in [5.74, 6) is -0.584. The molecule has 0 atom stereocenters. The van der Waals surface area contributed by atoms with Crippen LogP contribution in [0.5, 0.6) is 0 Å². The van der Waals surface area contributed by atoms with Crippen molar-refractivity contribution in [3.63, 3.8) is 0 Å². The highest BCUT2D eigenvalue weighted by Gasteiger charge is 2.15. The molecule has 2 N–H and O–H groups in total. The molecule has 6 nitrogen and oxygen atoms in total. The van der Waals surface area contributed by atoms with Crippen molar-refractivity contribution >= 4 is 27.4 Å². The molecule has 2 rings (SSSR count). The lowest BCUT2D eigenvalue weighted by atomic mass is 10.1. The van der Waals surface area contributed by atoms with Gasteiger partial charge in [0, 0.05) is 23.4 Å². The number of hydrogen-bond acceptors (Lipinski definition) is 4. The summed E-state index contributed by atoms with van der Waals surface area (Å²) in [7, 11) is -3.72. The number of hydrogen-bond donors (Lipinski definition) is 2. The first kappa shape index (κ1) is 18.6. The fraction of sp³-hybridized carbons (Fsp3) is 0.111. The summed E-state index contributed by atoms with van der Waals surface area (Å²) in [6, 6.07) is 12.2. The Morgan fingerprint density at radius 1 is 1.08 bits per heavy atom. The number of sulfonamides is 1. The maximum atomic E-state index is 12.4. The molecule has 0 unspecified atom stereocenters. The standard InChI is InChI=1S/C18H18N2O4S/c1-3-10-19-25(23,24)17-9-5-7-15(12-17)18(22)20-16-8-4-6-14(11-16)13(2)21/h3-9,11-12,19H,1,10H2,2H3,(H,20,22). The quantitative estimate of drug-likeness (QED) is 0.588. The van der Waals surface area contributed by atoms with Gasteiger partial charge in [-0.25, -0.2) is 13.1 Å². The molecule has 0 heterocycles. The highest BCUT2D eigenvalue weighted by atomic mass is 32.2. The second-order valence-electron chi connectivity index (χ2n) is 5.26. The third kappa shape index (κ3) is 4.85. The van der Waals surface area contributed by atoms with E-state index in [-0.39, 0.29) is 22.8 Å². The van der Waals surface area contributed by atoms with Gasteiger partial charge in [0.1, 0.15) is 0 Å². The fourth-order valence-electron chi connectivity index (χ4n) is 2.08. The minimum atomic E-state index is -3.72. The monoisotopic (exact) mass is 358 g/mol. The zero-order valence-electron chi connectivity index (χ0n) is 13.7. The summed E-state index contributed by atoms with van der Waals surface area (Å²) in [6.45, 7) is 4.98. The maximum Gasteiger partial charge on any atom is 0.255 e. The van der Waals surface area contributed by atoms with E-state index in [2.05, 4.69) is 16.6 Å². The minimum absolute atomic E-state index is 0.0144. The highest BCUT2D eigenvalue weighted by Crippen LogP contribution is 2.15. The molecule has 0 spiro atoms. The molecule has 130 valence electrons. The van der Waals surface area contributed by atoms with E-state index in [4.69, 9.17) is 0 Å². The molecule has 0 aliphatic carbocycles. The molecular weight excluding hydrogens is 340 g/mol. The summed E-state index contributed by atoms with van der Waals surface area (Å²) < 4.78 is 26.6. The Labute approximate surface area is 146 Å². The van der Waals surface area contributed by atoms with Crippen LogP contribution in [-0.2, 0) is 10.0 Å². The number of amides is 1. The Balaban J connectivity index is 2.23. The molecular formula is C18H18N2O4S. The van der Waals surface area contributed by atoms with Crippen molar-refractivity contribution in [2.75, 3.05) is 11.9 Å². The van der Waals surface area contributed by atoms with Crippen LogP contribution in [0.2, 0.25) is 0 Å². The van der Waals surface area contributed by atoms with Crippen molar-refractivity contribution < 1.29 is 18.0 Å². The number of rotatable bonds is 7. The Bertz CT molecular complexity index is 920. The van der Waals surface area contributed by atoms with Crippen LogP contribution < -0.4 is 10.0 Å². The second-order valence-corrected chi connectivity index (χ2v) is 7.03. The SMILES string of the molecule is C=CCNS(=O)(=O)c1cccc(C(=O)Nc2cccc(C(C)=O)c2)c1. The lowest BCUT2D eigenvalue weighted by molar-refractivity contribution is 0.101. The predicted molar refractivity (Wildman–Crippen MR) is 96.2 cm³/mol. The number of benzene rings is 2. The van der Waals surface area contributed by atoms with E-state index < -0.39 is 15.9 Å². The van der Waals surface area contributed by atoms with Gasteiger partial charge >= 0.3 is 0 Å². The molecule has 2 aromatic carbocycles. The van der Waals surface area contributed by atoms with Gasteiger partial charge in [0.15, 0.2) is 5.78 Å². The molecule has 1 amide bonds. The van der Waals surface area contributed by atoms with Gasteiger partial charge < -0.3 is 5.32 Å². The van der Waals surface area contributed by atoms with E-state index in [1.54, 1.807) is 24.3 Å². The summed E-state index contributed by atoms with van der Waals surface area (Å²) in [5, 5.41) is 2.65. The Hall–Kier alpha value is -2.77. The average molecular weight is 358 g/mol. The van der Waals surface area contributed by atoms with E-state index in [1.165, 1.54) is 37.3 Å². The van der Waals surface area contributed by atoms with Gasteiger partial charge in [-0.1, -0.05) is 24.3 Å². The van der Waals surface area contributed by atoms with Gasteiger partial charge in [0.25, 0.3) is 5.91 Å². The first-order valence-corrected chi connectivity index (χ1v) is 8.95. The van der Waals surface area contributed by atoms with Gasteiger partial charge in [-0.15, -0.1) is 6.58 Å². The van der Waals surface area contributed by atoms with Gasteiger partial charge in [0.2, 0.25) is 10.0 Å². The molecule has 25 heavy (non-hydrogen) atoms. The van der Waals surface area contributed by atoms with Gasteiger partial charge in [-0.2, -0.15) is 0 Å². The molecule has 0 aliphatic rings. The van der Waals surface area contributed by atoms with E-state index in [1.807, 2.05) is 0 Å². The molecule has 0 bridgehead atoms. The predicted octanol–water partition coefficient (Wildman–Crippen LogP) is 2.61. The van der Waals surface area contributed by atoms with Crippen LogP contribution >= 0.6 is 0 Å². The van der Waals surface area contributed by atoms with E-state index in [9.17, 15) is 18.0 Å². The number of carbonyl (C=O) groups is 2. The van der Waals surface area contributed by atoms with E-state index >= 15 is 0 Å². The normalized spacial score (nSPS) is 10.9. The minimum Gasteiger partial charge on any atom is -0.322 e. The lowest BCUT2D eigenvalue weighted by Gasteiger charge is -2.09. The van der Waals surface area contributed by atoms with Crippen molar-refractivity contribution in [1.82, 2.24) is 4.72 Å². The Kier molecular flexibility index (Phi) is 5.84. The number of carbonyl (C=O) groups excluding carboxylic acids is 2. The van der Waals surface area contributed by atoms with Crippen molar-refractivity contribution in [1.29, 1.82) is 0 Å². The third-order valence-corrected chi connectivity index (χ3v) is 4.77. The van der Waals surface area contributed by atoms with E-state index in [0.717, 1.165) is 0 Å². The molecule has 0 radical (unpaired) electrons. The topological polar surface area (TPSA) is 92.3 Å². The summed E-state index contributed by atoms with van der Waals surface area (Å²) >= 11 is 0. The summed E-state index contributed by atoms with van der Waals surface area (Å²) in [5.41, 5.74) is 1.12. The Morgan fingerprint density at radius 2 is 1.76 bits per heavy atom. The summed E-state index contributed by atoms with van der Waals surface area (Å²) in [4.78, 5) is 23.7. The molecule has 0 saturated heterocycles. The summed E-state index contributed by atoms with van der Waals surface area (Å²) in [6.07, 6.45) is 1.43. The average Bonchev–Trinajstić information content (AvgIpc) is 2.60. The molecule has 0 fully saturated rings. The van der Waals surface area contributed by atoms with Crippen LogP contribution in [0.15, 0.2) is 66.1 Å². The van der Waals surface area contributed by atoms with Crippen LogP contribution in [0.4, 0.5) is 5.69 Å². The van der Waals surface area contributed by atoms with Gasteiger partial charge in [-0.3, -0.25) is 9.59 Å². The first-order valence-electron chi connectivity index (χ1n) is 7.46. The molecule has 2 aromatic rings. The molecule has 7 heteroatoms. The molecule has 0 aliphatic heterocycles. The number of Topliss-reactive ketones (excluding diaryl/α,β-unsaturated/α-hetero) is 1. The number of anilines is 1. The van der Waals surface area contributed by atoms with E-state index in [0.29, 0.717) is 11.3 Å². The van der Waals surface area contributed by atoms with Crippen LogP contribution in [0.25, 0.3) is 0 Å². The largest absolute Gasteiger partial charge is 0.322 e. The molecule has 0 aromatic heterocycles. The number of ketones is 1. The van der Waals surface area contributed by atoms with Crippen LogP contribution in [0.3, 0.4) is 0 Å². The van der Waals surface area contributed by atoms with Crippen molar-refractivity contribution in [3.05, 3.63) is 72.3 Å². The zero-order chi connectivity index (χ0) is 18.4. The molecule has 0 saturated carbocycles. The maximum absolute atomic E-state index is 12.4. The first-order chi connectivity index (χ1) is 11.8. The van der Waals surface area contributed by atoms with Gasteiger partial charge in [-0.05, 0) is 37.3 Å². The van der Waals surface area contributed by atoms with Crippen LogP contribution in [-0.4, -0.2) is 26.7 Å².